The summed E-state index contributed by atoms with van der Waals surface area (Å²) in [6, 6.07) is 19.1. The summed E-state index contributed by atoms with van der Waals surface area (Å²) in [6.45, 7) is 4.03. The molecule has 2 heterocycles. The van der Waals surface area contributed by atoms with Crippen LogP contribution in [0.15, 0.2) is 66.7 Å². The van der Waals surface area contributed by atoms with E-state index in [2.05, 4.69) is 34.1 Å². The fourth-order valence-corrected chi connectivity index (χ4v) is 4.87. The predicted octanol–water partition coefficient (Wildman–Crippen LogP) is 4.97. The zero-order chi connectivity index (χ0) is 25.1. The van der Waals surface area contributed by atoms with E-state index in [-0.39, 0.29) is 17.5 Å². The molecule has 1 saturated heterocycles. The SMILES string of the molecule is COc1ccc(CN2CCN(C(=O)c3ccc(N4CC=Cc5ccccc54)cc3OC)CC2)cc1F. The van der Waals surface area contributed by atoms with E-state index in [4.69, 9.17) is 9.47 Å². The maximum atomic E-state index is 14.0. The van der Waals surface area contributed by atoms with Crippen LogP contribution in [0.4, 0.5) is 15.8 Å². The molecular weight excluding hydrogens is 457 g/mol. The molecule has 7 heteroatoms. The Kier molecular flexibility index (Phi) is 6.91. The van der Waals surface area contributed by atoms with Crippen molar-refractivity contribution in [3.63, 3.8) is 0 Å². The molecule has 0 unspecified atom stereocenters. The molecule has 0 aromatic heterocycles. The average molecular weight is 488 g/mol. The van der Waals surface area contributed by atoms with Gasteiger partial charge in [0, 0.05) is 56.7 Å². The summed E-state index contributed by atoms with van der Waals surface area (Å²) in [5.74, 6) is 0.423. The van der Waals surface area contributed by atoms with Gasteiger partial charge in [0.05, 0.1) is 19.8 Å². The van der Waals surface area contributed by atoms with Crippen LogP contribution in [-0.4, -0.2) is 62.7 Å². The first-order valence-electron chi connectivity index (χ1n) is 12.1. The first-order chi connectivity index (χ1) is 17.6. The number of piperazine rings is 1. The number of para-hydroxylation sites is 1. The van der Waals surface area contributed by atoms with Gasteiger partial charge in [-0.3, -0.25) is 9.69 Å². The number of hydrogen-bond acceptors (Lipinski definition) is 5. The lowest BCUT2D eigenvalue weighted by molar-refractivity contribution is 0.0625. The van der Waals surface area contributed by atoms with E-state index in [0.29, 0.717) is 30.9 Å². The van der Waals surface area contributed by atoms with Crippen LogP contribution in [0.1, 0.15) is 21.5 Å². The normalized spacial score (nSPS) is 15.5. The summed E-state index contributed by atoms with van der Waals surface area (Å²) in [5, 5.41) is 0. The van der Waals surface area contributed by atoms with Gasteiger partial charge in [-0.15, -0.1) is 0 Å². The Balaban J connectivity index is 1.25. The molecule has 5 rings (SSSR count). The van der Waals surface area contributed by atoms with Crippen molar-refractivity contribution in [2.24, 2.45) is 0 Å². The van der Waals surface area contributed by atoms with Crippen LogP contribution in [0.5, 0.6) is 11.5 Å². The van der Waals surface area contributed by atoms with Crippen LogP contribution < -0.4 is 14.4 Å². The van der Waals surface area contributed by atoms with Gasteiger partial charge in [-0.25, -0.2) is 4.39 Å². The van der Waals surface area contributed by atoms with Crippen LogP contribution in [-0.2, 0) is 6.54 Å². The molecule has 3 aromatic rings. The molecule has 0 spiro atoms. The number of hydrogen-bond donors (Lipinski definition) is 0. The third kappa shape index (κ3) is 4.79. The van der Waals surface area contributed by atoms with Crippen molar-refractivity contribution in [2.45, 2.75) is 6.54 Å². The second kappa shape index (κ2) is 10.4. The topological polar surface area (TPSA) is 45.2 Å². The van der Waals surface area contributed by atoms with Crippen molar-refractivity contribution >= 4 is 23.4 Å². The Morgan fingerprint density at radius 2 is 1.69 bits per heavy atom. The number of nitrogens with zero attached hydrogens (tertiary/aromatic N) is 3. The molecule has 6 nitrogen and oxygen atoms in total. The Bertz CT molecular complexity index is 1280. The van der Waals surface area contributed by atoms with Crippen LogP contribution in [0.2, 0.25) is 0 Å². The van der Waals surface area contributed by atoms with Crippen molar-refractivity contribution in [3.05, 3.63) is 89.2 Å². The molecule has 0 atom stereocenters. The van der Waals surface area contributed by atoms with Crippen molar-refractivity contribution in [1.82, 2.24) is 9.80 Å². The molecule has 186 valence electrons. The van der Waals surface area contributed by atoms with Gasteiger partial charge < -0.3 is 19.3 Å². The molecule has 1 fully saturated rings. The first kappa shape index (κ1) is 23.9. The molecular formula is C29H30FN3O3. The molecule has 2 aliphatic rings. The van der Waals surface area contributed by atoms with Crippen molar-refractivity contribution < 1.29 is 18.7 Å². The summed E-state index contributed by atoms with van der Waals surface area (Å²) >= 11 is 0. The minimum Gasteiger partial charge on any atom is -0.496 e. The Hall–Kier alpha value is -3.84. The molecule has 2 aliphatic heterocycles. The standard InChI is InChI=1S/C29H30FN3O3/c1-35-27-12-9-21(18-25(27)30)20-31-14-16-32(17-15-31)29(34)24-11-10-23(19-28(24)36-2)33-13-5-7-22-6-3-4-8-26(22)33/h3-12,18-19H,13-17,20H2,1-2H3. The van der Waals surface area contributed by atoms with Crippen LogP contribution >= 0.6 is 0 Å². The first-order valence-corrected chi connectivity index (χ1v) is 12.1. The number of anilines is 2. The van der Waals surface area contributed by atoms with Crippen LogP contribution in [0, 0.1) is 5.82 Å². The minimum absolute atomic E-state index is 0.0347. The molecule has 0 bridgehead atoms. The molecule has 0 aliphatic carbocycles. The minimum atomic E-state index is -0.358. The van der Waals surface area contributed by atoms with Gasteiger partial charge in [0.15, 0.2) is 11.6 Å². The van der Waals surface area contributed by atoms with Crippen LogP contribution in [0.3, 0.4) is 0 Å². The Morgan fingerprint density at radius 1 is 0.917 bits per heavy atom. The van der Waals surface area contributed by atoms with E-state index in [1.54, 1.807) is 13.2 Å². The third-order valence-corrected chi connectivity index (χ3v) is 6.82. The summed E-state index contributed by atoms with van der Waals surface area (Å²) in [5.41, 5.74) is 4.73. The number of rotatable bonds is 6. The fraction of sp³-hybridized carbons (Fsp3) is 0.276. The summed E-state index contributed by atoms with van der Waals surface area (Å²) < 4.78 is 24.7. The van der Waals surface area contributed by atoms with Gasteiger partial charge in [0.25, 0.3) is 5.91 Å². The molecule has 0 N–H and O–H groups in total. The van der Waals surface area contributed by atoms with Crippen molar-refractivity contribution in [3.8, 4) is 11.5 Å². The van der Waals surface area contributed by atoms with Crippen molar-refractivity contribution in [1.29, 1.82) is 0 Å². The highest BCUT2D eigenvalue weighted by Gasteiger charge is 2.25. The maximum Gasteiger partial charge on any atom is 0.257 e. The van der Waals surface area contributed by atoms with Gasteiger partial charge in [-0.2, -0.15) is 0 Å². The van der Waals surface area contributed by atoms with Gasteiger partial charge in [-0.1, -0.05) is 36.4 Å². The number of carbonyl (C=O) groups excluding carboxylic acids is 1. The van der Waals surface area contributed by atoms with Gasteiger partial charge in [0.1, 0.15) is 5.75 Å². The van der Waals surface area contributed by atoms with E-state index >= 15 is 0 Å². The number of halogens is 1. The summed E-state index contributed by atoms with van der Waals surface area (Å²) in [4.78, 5) is 19.7. The van der Waals surface area contributed by atoms with Gasteiger partial charge in [-0.05, 0) is 41.5 Å². The zero-order valence-electron chi connectivity index (χ0n) is 20.6. The average Bonchev–Trinajstić information content (AvgIpc) is 2.92. The number of ether oxygens (including phenoxy) is 2. The highest BCUT2D eigenvalue weighted by atomic mass is 19.1. The van der Waals surface area contributed by atoms with E-state index in [1.807, 2.05) is 41.3 Å². The highest BCUT2D eigenvalue weighted by Crippen LogP contribution is 2.35. The van der Waals surface area contributed by atoms with Gasteiger partial charge in [0.2, 0.25) is 0 Å². The number of fused-ring (bicyclic) bond motifs is 1. The van der Waals surface area contributed by atoms with Crippen LogP contribution in [0.25, 0.3) is 6.08 Å². The Labute approximate surface area is 211 Å². The third-order valence-electron chi connectivity index (χ3n) is 6.82. The van der Waals surface area contributed by atoms with E-state index < -0.39 is 0 Å². The second-order valence-corrected chi connectivity index (χ2v) is 8.99. The summed E-state index contributed by atoms with van der Waals surface area (Å²) in [7, 11) is 3.06. The van der Waals surface area contributed by atoms with E-state index in [0.717, 1.165) is 42.1 Å². The smallest absolute Gasteiger partial charge is 0.257 e. The molecule has 3 aromatic carbocycles. The lowest BCUT2D eigenvalue weighted by Crippen LogP contribution is -2.48. The summed E-state index contributed by atoms with van der Waals surface area (Å²) in [6.07, 6.45) is 4.26. The fourth-order valence-electron chi connectivity index (χ4n) is 4.87. The van der Waals surface area contributed by atoms with Crippen molar-refractivity contribution in [2.75, 3.05) is 51.8 Å². The van der Waals surface area contributed by atoms with E-state index in [1.165, 1.54) is 13.2 Å². The monoisotopic (exact) mass is 487 g/mol. The molecule has 1 amide bonds. The highest BCUT2D eigenvalue weighted by molar-refractivity contribution is 5.98. The lowest BCUT2D eigenvalue weighted by Gasteiger charge is -2.35. The number of carbonyl (C=O) groups is 1. The number of amides is 1. The Morgan fingerprint density at radius 3 is 2.44 bits per heavy atom. The van der Waals surface area contributed by atoms with Gasteiger partial charge >= 0.3 is 0 Å². The number of benzene rings is 3. The molecule has 0 saturated carbocycles. The predicted molar refractivity (Wildman–Crippen MR) is 140 cm³/mol. The van der Waals surface area contributed by atoms with E-state index in [9.17, 15) is 9.18 Å². The lowest BCUT2D eigenvalue weighted by atomic mass is 10.1. The second-order valence-electron chi connectivity index (χ2n) is 8.99. The molecule has 36 heavy (non-hydrogen) atoms. The largest absolute Gasteiger partial charge is 0.496 e. The quantitative estimate of drug-likeness (QED) is 0.492. The number of methoxy groups -OCH3 is 2. The maximum absolute atomic E-state index is 14.0. The molecule has 0 radical (unpaired) electrons. The zero-order valence-corrected chi connectivity index (χ0v) is 20.6.